The number of hydrogen-bond acceptors (Lipinski definition) is 4. The van der Waals surface area contributed by atoms with Crippen LogP contribution in [0.15, 0.2) is 18.2 Å². The van der Waals surface area contributed by atoms with Crippen molar-refractivity contribution in [2.24, 2.45) is 0 Å². The van der Waals surface area contributed by atoms with Gasteiger partial charge < -0.3 is 10.1 Å². The second-order valence-corrected chi connectivity index (χ2v) is 6.94. The lowest BCUT2D eigenvalue weighted by Gasteiger charge is -2.30. The molecule has 4 nitrogen and oxygen atoms in total. The molecule has 4 heteroatoms. The molecule has 0 unspecified atom stereocenters. The van der Waals surface area contributed by atoms with E-state index in [4.69, 9.17) is 9.72 Å². The molecule has 0 aromatic carbocycles. The number of nitrogens with zero attached hydrogens (tertiary/aromatic N) is 2. The van der Waals surface area contributed by atoms with Gasteiger partial charge in [0.2, 0.25) is 0 Å². The Kier molecular flexibility index (Phi) is 5.73. The van der Waals surface area contributed by atoms with Gasteiger partial charge in [-0.05, 0) is 45.7 Å². The Hall–Kier alpha value is -0.970. The van der Waals surface area contributed by atoms with Crippen molar-refractivity contribution >= 4 is 0 Å². The largest absolute Gasteiger partial charge is 0.381 e. The summed E-state index contributed by atoms with van der Waals surface area (Å²) in [7, 11) is 1.81. The van der Waals surface area contributed by atoms with Gasteiger partial charge in [0.25, 0.3) is 0 Å². The summed E-state index contributed by atoms with van der Waals surface area (Å²) < 4.78 is 5.42. The van der Waals surface area contributed by atoms with E-state index in [0.717, 1.165) is 44.7 Å². The number of nitrogens with one attached hydrogen (secondary N) is 1. The van der Waals surface area contributed by atoms with E-state index in [1.807, 2.05) is 7.11 Å². The van der Waals surface area contributed by atoms with Gasteiger partial charge in [0.05, 0.1) is 17.5 Å². The quantitative estimate of drug-likeness (QED) is 0.905. The Bertz CT molecular complexity index is 434. The molecule has 0 radical (unpaired) electrons. The number of methoxy groups -OCH3 is 1. The Balaban J connectivity index is 1.86. The molecular formula is C17H29N3O. The van der Waals surface area contributed by atoms with E-state index < -0.39 is 0 Å². The van der Waals surface area contributed by atoms with Gasteiger partial charge in [0.15, 0.2) is 0 Å². The predicted octanol–water partition coefficient (Wildman–Crippen LogP) is 2.58. The van der Waals surface area contributed by atoms with Crippen molar-refractivity contribution in [3.8, 4) is 0 Å². The van der Waals surface area contributed by atoms with Crippen molar-refractivity contribution in [2.75, 3.05) is 20.2 Å². The molecule has 0 atom stereocenters. The number of hydrogen-bond donors (Lipinski definition) is 1. The molecule has 1 aliphatic rings. The minimum absolute atomic E-state index is 0.125. The van der Waals surface area contributed by atoms with Crippen LogP contribution in [0, 0.1) is 0 Å². The van der Waals surface area contributed by atoms with Gasteiger partial charge in [-0.15, -0.1) is 0 Å². The lowest BCUT2D eigenvalue weighted by molar-refractivity contribution is 0.0385. The van der Waals surface area contributed by atoms with E-state index in [0.29, 0.717) is 6.10 Å². The van der Waals surface area contributed by atoms with E-state index in [1.165, 1.54) is 5.69 Å². The summed E-state index contributed by atoms with van der Waals surface area (Å²) in [6.45, 7) is 10.5. The van der Waals surface area contributed by atoms with Crippen LogP contribution in [0.2, 0.25) is 0 Å². The molecule has 0 bridgehead atoms. The molecule has 0 saturated carbocycles. The Morgan fingerprint density at radius 1 is 1.24 bits per heavy atom. The molecular weight excluding hydrogens is 262 g/mol. The maximum absolute atomic E-state index is 5.42. The second kappa shape index (κ2) is 7.34. The third kappa shape index (κ3) is 5.73. The lowest BCUT2D eigenvalue weighted by Crippen LogP contribution is -2.36. The summed E-state index contributed by atoms with van der Waals surface area (Å²) in [5.41, 5.74) is 2.41. The number of pyridine rings is 1. The summed E-state index contributed by atoms with van der Waals surface area (Å²) in [4.78, 5) is 7.24. The maximum atomic E-state index is 5.42. The summed E-state index contributed by atoms with van der Waals surface area (Å²) in [5.74, 6) is 0. The zero-order chi connectivity index (χ0) is 15.3. The Morgan fingerprint density at radius 2 is 1.90 bits per heavy atom. The van der Waals surface area contributed by atoms with Crippen LogP contribution in [0.1, 0.15) is 45.0 Å². The molecule has 1 aromatic heterocycles. The number of likely N-dealkylation sites (tertiary alicyclic amines) is 1. The fourth-order valence-electron chi connectivity index (χ4n) is 2.60. The van der Waals surface area contributed by atoms with Crippen molar-refractivity contribution in [1.82, 2.24) is 15.2 Å². The highest BCUT2D eigenvalue weighted by Gasteiger charge is 2.19. The minimum atomic E-state index is 0.125. The van der Waals surface area contributed by atoms with Crippen LogP contribution in [0.5, 0.6) is 0 Å². The molecule has 0 aliphatic carbocycles. The molecule has 2 rings (SSSR count). The molecule has 118 valence electrons. The Labute approximate surface area is 128 Å². The summed E-state index contributed by atoms with van der Waals surface area (Å²) in [6, 6.07) is 6.34. The first-order chi connectivity index (χ1) is 9.96. The molecule has 1 N–H and O–H groups in total. The SMILES string of the molecule is COC1CCN(Cc2cccc(CNC(C)(C)C)n2)CC1. The average Bonchev–Trinajstić information content (AvgIpc) is 2.46. The number of rotatable bonds is 5. The highest BCUT2D eigenvalue weighted by Crippen LogP contribution is 2.15. The lowest BCUT2D eigenvalue weighted by atomic mass is 10.1. The predicted molar refractivity (Wildman–Crippen MR) is 86.1 cm³/mol. The van der Waals surface area contributed by atoms with Gasteiger partial charge in [-0.25, -0.2) is 0 Å². The molecule has 1 fully saturated rings. The highest BCUT2D eigenvalue weighted by atomic mass is 16.5. The summed E-state index contributed by atoms with van der Waals surface area (Å²) in [5, 5.41) is 3.49. The van der Waals surface area contributed by atoms with Crippen LogP contribution in [0.25, 0.3) is 0 Å². The van der Waals surface area contributed by atoms with E-state index in [1.54, 1.807) is 0 Å². The molecule has 1 aromatic rings. The van der Waals surface area contributed by atoms with Gasteiger partial charge in [-0.1, -0.05) is 6.07 Å². The van der Waals surface area contributed by atoms with Gasteiger partial charge in [0.1, 0.15) is 0 Å². The smallest absolute Gasteiger partial charge is 0.0595 e. The first kappa shape index (κ1) is 16.4. The van der Waals surface area contributed by atoms with Gasteiger partial charge in [-0.2, -0.15) is 0 Å². The zero-order valence-corrected chi connectivity index (χ0v) is 13.9. The molecule has 0 amide bonds. The van der Waals surface area contributed by atoms with Crippen molar-refractivity contribution in [2.45, 2.75) is 58.3 Å². The van der Waals surface area contributed by atoms with Crippen LogP contribution in [-0.2, 0) is 17.8 Å². The number of piperidine rings is 1. The third-order valence-corrected chi connectivity index (χ3v) is 3.92. The fraction of sp³-hybridized carbons (Fsp3) is 0.706. The first-order valence-corrected chi connectivity index (χ1v) is 7.91. The first-order valence-electron chi connectivity index (χ1n) is 7.91. The second-order valence-electron chi connectivity index (χ2n) is 6.94. The van der Waals surface area contributed by atoms with Crippen LogP contribution in [0.3, 0.4) is 0 Å². The van der Waals surface area contributed by atoms with Crippen LogP contribution >= 0.6 is 0 Å². The zero-order valence-electron chi connectivity index (χ0n) is 13.9. The number of ether oxygens (including phenoxy) is 1. The van der Waals surface area contributed by atoms with Crippen molar-refractivity contribution in [3.63, 3.8) is 0 Å². The van der Waals surface area contributed by atoms with Crippen molar-refractivity contribution in [1.29, 1.82) is 0 Å². The average molecular weight is 291 g/mol. The highest BCUT2D eigenvalue weighted by molar-refractivity contribution is 5.11. The molecule has 21 heavy (non-hydrogen) atoms. The van der Waals surface area contributed by atoms with Gasteiger partial charge >= 0.3 is 0 Å². The minimum Gasteiger partial charge on any atom is -0.381 e. The van der Waals surface area contributed by atoms with Crippen LogP contribution in [-0.4, -0.2) is 41.7 Å². The van der Waals surface area contributed by atoms with Crippen LogP contribution in [0.4, 0.5) is 0 Å². The van der Waals surface area contributed by atoms with Gasteiger partial charge in [-0.3, -0.25) is 9.88 Å². The Morgan fingerprint density at radius 3 is 2.52 bits per heavy atom. The number of aromatic nitrogens is 1. The van der Waals surface area contributed by atoms with E-state index in [-0.39, 0.29) is 5.54 Å². The van der Waals surface area contributed by atoms with Crippen LogP contribution < -0.4 is 5.32 Å². The van der Waals surface area contributed by atoms with E-state index in [2.05, 4.69) is 49.2 Å². The topological polar surface area (TPSA) is 37.4 Å². The monoisotopic (exact) mass is 291 g/mol. The molecule has 2 heterocycles. The summed E-state index contributed by atoms with van der Waals surface area (Å²) in [6.07, 6.45) is 2.69. The van der Waals surface area contributed by atoms with E-state index >= 15 is 0 Å². The summed E-state index contributed by atoms with van der Waals surface area (Å²) >= 11 is 0. The third-order valence-electron chi connectivity index (χ3n) is 3.92. The van der Waals surface area contributed by atoms with Gasteiger partial charge in [0, 0.05) is 38.8 Å². The molecule has 0 spiro atoms. The van der Waals surface area contributed by atoms with Crippen molar-refractivity contribution in [3.05, 3.63) is 29.6 Å². The van der Waals surface area contributed by atoms with Crippen molar-refractivity contribution < 1.29 is 4.74 Å². The standard InChI is InChI=1S/C17H29N3O/c1-17(2,3)18-12-14-6-5-7-15(19-14)13-20-10-8-16(21-4)9-11-20/h5-7,16,18H,8-13H2,1-4H3. The maximum Gasteiger partial charge on any atom is 0.0595 e. The van der Waals surface area contributed by atoms with E-state index in [9.17, 15) is 0 Å². The fourth-order valence-corrected chi connectivity index (χ4v) is 2.60. The molecule has 1 saturated heterocycles. The molecule has 1 aliphatic heterocycles. The normalized spacial score (nSPS) is 18.1.